The van der Waals surface area contributed by atoms with Gasteiger partial charge in [-0.2, -0.15) is 0 Å². The fraction of sp³-hybridized carbons (Fsp3) is 0. The Morgan fingerprint density at radius 2 is 1.14 bits per heavy atom. The average molecular weight is 233 g/mol. The van der Waals surface area contributed by atoms with Gasteiger partial charge in [-0.05, 0) is 24.3 Å². The molecule has 14 heavy (non-hydrogen) atoms. The standard InChI is InChI=1S/C8H6Cl2N2O2/c9-11-7(13)5-1-2-6(4-3-5)8(14)12-10/h1-4H,(H,11,13)(H,12,14). The van der Waals surface area contributed by atoms with Gasteiger partial charge in [0.15, 0.2) is 0 Å². The van der Waals surface area contributed by atoms with E-state index in [4.69, 9.17) is 23.6 Å². The summed E-state index contributed by atoms with van der Waals surface area (Å²) in [6.45, 7) is 0. The summed E-state index contributed by atoms with van der Waals surface area (Å²) in [5, 5.41) is 0. The molecule has 0 aliphatic heterocycles. The number of benzene rings is 1. The summed E-state index contributed by atoms with van der Waals surface area (Å²) in [4.78, 5) is 25.9. The van der Waals surface area contributed by atoms with E-state index in [1.165, 1.54) is 24.3 Å². The van der Waals surface area contributed by atoms with Crippen molar-refractivity contribution in [3.8, 4) is 0 Å². The van der Waals surface area contributed by atoms with Crippen LogP contribution in [0, 0.1) is 0 Å². The van der Waals surface area contributed by atoms with Gasteiger partial charge in [0.2, 0.25) is 0 Å². The van der Waals surface area contributed by atoms with E-state index in [0.29, 0.717) is 11.1 Å². The highest BCUT2D eigenvalue weighted by molar-refractivity contribution is 6.25. The first-order valence-corrected chi connectivity index (χ1v) is 4.36. The van der Waals surface area contributed by atoms with Crippen LogP contribution in [0.5, 0.6) is 0 Å². The molecule has 0 spiro atoms. The zero-order chi connectivity index (χ0) is 10.6. The lowest BCUT2D eigenvalue weighted by Gasteiger charge is -2.00. The quantitative estimate of drug-likeness (QED) is 0.759. The van der Waals surface area contributed by atoms with E-state index < -0.39 is 11.8 Å². The second kappa shape index (κ2) is 4.83. The second-order valence-electron chi connectivity index (χ2n) is 2.42. The summed E-state index contributed by atoms with van der Waals surface area (Å²) in [7, 11) is 0. The Bertz CT molecular complexity index is 316. The van der Waals surface area contributed by atoms with Gasteiger partial charge in [-0.25, -0.2) is 0 Å². The fourth-order valence-electron chi connectivity index (χ4n) is 0.882. The third-order valence-electron chi connectivity index (χ3n) is 1.58. The van der Waals surface area contributed by atoms with Gasteiger partial charge in [-0.1, -0.05) is 0 Å². The van der Waals surface area contributed by atoms with Gasteiger partial charge in [-0.3, -0.25) is 19.3 Å². The van der Waals surface area contributed by atoms with E-state index >= 15 is 0 Å². The first-order chi connectivity index (χ1) is 6.69. The van der Waals surface area contributed by atoms with Crippen LogP contribution in [-0.2, 0) is 0 Å². The molecule has 0 aliphatic carbocycles. The van der Waals surface area contributed by atoms with Crippen LogP contribution in [0.2, 0.25) is 0 Å². The topological polar surface area (TPSA) is 58.2 Å². The number of rotatable bonds is 2. The SMILES string of the molecule is O=C(NCl)c1ccc(C(=O)NCl)cc1. The number of hydrogen-bond donors (Lipinski definition) is 2. The molecule has 0 aliphatic rings. The Kier molecular flexibility index (Phi) is 3.73. The summed E-state index contributed by atoms with van der Waals surface area (Å²) < 4.78 is 0. The van der Waals surface area contributed by atoms with Crippen LogP contribution in [0.4, 0.5) is 0 Å². The van der Waals surface area contributed by atoms with Crippen molar-refractivity contribution in [1.29, 1.82) is 0 Å². The molecule has 0 unspecified atom stereocenters. The molecule has 0 atom stereocenters. The van der Waals surface area contributed by atoms with E-state index in [2.05, 4.69) is 0 Å². The number of hydrogen-bond acceptors (Lipinski definition) is 2. The molecule has 0 saturated carbocycles. The Labute approximate surface area is 90.4 Å². The summed E-state index contributed by atoms with van der Waals surface area (Å²) >= 11 is 10.2. The number of halogens is 2. The van der Waals surface area contributed by atoms with Gasteiger partial charge in [0, 0.05) is 34.7 Å². The Morgan fingerprint density at radius 3 is 1.36 bits per heavy atom. The summed E-state index contributed by atoms with van der Waals surface area (Å²) in [5.74, 6) is -0.853. The van der Waals surface area contributed by atoms with Crippen molar-refractivity contribution in [2.45, 2.75) is 0 Å². The number of carbonyl (C=O) groups is 2. The maximum Gasteiger partial charge on any atom is 0.265 e. The predicted octanol–water partition coefficient (Wildman–Crippen LogP) is 1.45. The van der Waals surface area contributed by atoms with Crippen molar-refractivity contribution in [2.75, 3.05) is 0 Å². The largest absolute Gasteiger partial charge is 0.268 e. The zero-order valence-corrected chi connectivity index (χ0v) is 8.39. The Morgan fingerprint density at radius 1 is 0.857 bits per heavy atom. The zero-order valence-electron chi connectivity index (χ0n) is 6.88. The van der Waals surface area contributed by atoms with E-state index in [1.54, 1.807) is 0 Å². The van der Waals surface area contributed by atoms with E-state index in [0.717, 1.165) is 0 Å². The lowest BCUT2D eigenvalue weighted by atomic mass is 10.1. The van der Waals surface area contributed by atoms with Crippen molar-refractivity contribution >= 4 is 35.4 Å². The third-order valence-corrected chi connectivity index (χ3v) is 1.92. The van der Waals surface area contributed by atoms with Crippen LogP contribution in [0.1, 0.15) is 20.7 Å². The third kappa shape index (κ3) is 2.37. The van der Waals surface area contributed by atoms with Crippen molar-refractivity contribution in [3.05, 3.63) is 35.4 Å². The van der Waals surface area contributed by atoms with Gasteiger partial charge >= 0.3 is 0 Å². The molecule has 0 heterocycles. The maximum absolute atomic E-state index is 11.0. The minimum atomic E-state index is -0.426. The molecule has 0 fully saturated rings. The van der Waals surface area contributed by atoms with Gasteiger partial charge in [-0.15, -0.1) is 0 Å². The minimum absolute atomic E-state index is 0.367. The molecule has 0 bridgehead atoms. The van der Waals surface area contributed by atoms with Crippen LogP contribution >= 0.6 is 23.6 Å². The van der Waals surface area contributed by atoms with Crippen LogP contribution < -0.4 is 9.67 Å². The molecular weight excluding hydrogens is 227 g/mol. The molecule has 74 valence electrons. The van der Waals surface area contributed by atoms with Crippen molar-refractivity contribution in [1.82, 2.24) is 9.67 Å². The molecule has 1 aromatic carbocycles. The summed E-state index contributed by atoms with van der Waals surface area (Å²) in [6.07, 6.45) is 0. The number of nitrogens with one attached hydrogen (secondary N) is 2. The molecule has 0 saturated heterocycles. The fourth-order valence-corrected chi connectivity index (χ4v) is 1.10. The summed E-state index contributed by atoms with van der Waals surface area (Å²) in [5.41, 5.74) is 0.734. The molecule has 0 aromatic heterocycles. The Balaban J connectivity index is 2.89. The molecule has 2 amide bonds. The van der Waals surface area contributed by atoms with Crippen LogP contribution in [0.25, 0.3) is 0 Å². The maximum atomic E-state index is 11.0. The number of carbonyl (C=O) groups excluding carboxylic acids is 2. The molecule has 0 radical (unpaired) electrons. The minimum Gasteiger partial charge on any atom is -0.268 e. The lowest BCUT2D eigenvalue weighted by Crippen LogP contribution is -2.14. The highest BCUT2D eigenvalue weighted by Gasteiger charge is 2.06. The van der Waals surface area contributed by atoms with Crippen LogP contribution in [0.15, 0.2) is 24.3 Å². The van der Waals surface area contributed by atoms with Gasteiger partial charge in [0.25, 0.3) is 11.8 Å². The van der Waals surface area contributed by atoms with Crippen molar-refractivity contribution < 1.29 is 9.59 Å². The normalized spacial score (nSPS) is 9.29. The smallest absolute Gasteiger partial charge is 0.265 e. The van der Waals surface area contributed by atoms with E-state index in [-0.39, 0.29) is 0 Å². The van der Waals surface area contributed by atoms with Crippen molar-refractivity contribution in [2.24, 2.45) is 0 Å². The second-order valence-corrected chi connectivity index (χ2v) is 2.80. The molecule has 4 nitrogen and oxygen atoms in total. The molecular formula is C8H6Cl2N2O2. The highest BCUT2D eigenvalue weighted by Crippen LogP contribution is 2.04. The average Bonchev–Trinajstić information content (AvgIpc) is 2.27. The molecule has 1 rings (SSSR count). The summed E-state index contributed by atoms with van der Waals surface area (Å²) in [6, 6.07) is 5.89. The highest BCUT2D eigenvalue weighted by atomic mass is 35.5. The van der Waals surface area contributed by atoms with Crippen molar-refractivity contribution in [3.63, 3.8) is 0 Å². The van der Waals surface area contributed by atoms with Gasteiger partial charge < -0.3 is 0 Å². The van der Waals surface area contributed by atoms with Gasteiger partial charge in [0.1, 0.15) is 0 Å². The number of amides is 2. The molecule has 2 N–H and O–H groups in total. The van der Waals surface area contributed by atoms with Gasteiger partial charge in [0.05, 0.1) is 0 Å². The lowest BCUT2D eigenvalue weighted by molar-refractivity contribution is 0.0970. The van der Waals surface area contributed by atoms with E-state index in [1.807, 2.05) is 9.67 Å². The van der Waals surface area contributed by atoms with Crippen LogP contribution in [-0.4, -0.2) is 11.8 Å². The van der Waals surface area contributed by atoms with Crippen LogP contribution in [0.3, 0.4) is 0 Å². The predicted molar refractivity (Wildman–Crippen MR) is 53.1 cm³/mol. The molecule has 6 heteroatoms. The molecule has 1 aromatic rings. The van der Waals surface area contributed by atoms with E-state index in [9.17, 15) is 9.59 Å². The monoisotopic (exact) mass is 232 g/mol. The first kappa shape index (κ1) is 10.8. The first-order valence-electron chi connectivity index (χ1n) is 3.61. The Hall–Kier alpha value is -1.26.